The first kappa shape index (κ1) is 29.7. The Kier molecular flexibility index (Phi) is 24.7. The van der Waals surface area contributed by atoms with E-state index < -0.39 is 56.7 Å². The van der Waals surface area contributed by atoms with Crippen LogP contribution in [-0.2, 0) is 20.6 Å². The van der Waals surface area contributed by atoms with E-state index in [2.05, 4.69) is 13.5 Å². The fourth-order valence-electron chi connectivity index (χ4n) is 2.83. The Morgan fingerprint density at radius 2 is 1.07 bits per heavy atom. The van der Waals surface area contributed by atoms with Gasteiger partial charge in [0.25, 0.3) is 47.7 Å². The minimum Gasteiger partial charge on any atom is -0.433 e. The van der Waals surface area contributed by atoms with Crippen molar-refractivity contribution in [1.29, 1.82) is 0 Å². The fourth-order valence-corrected chi connectivity index (χ4v) is 13.4. The van der Waals surface area contributed by atoms with Gasteiger partial charge in [-0.15, -0.1) is 22.2 Å². The Morgan fingerprint density at radius 1 is 0.643 bits per heavy atom. The molecule has 1 atom stereocenters. The van der Waals surface area contributed by atoms with Crippen LogP contribution in [0.5, 0.6) is 0 Å². The monoisotopic (exact) mass is 540 g/mol. The topological polar surface area (TPSA) is 46.2 Å². The minimum atomic E-state index is -2.05. The van der Waals surface area contributed by atoms with E-state index in [0.29, 0.717) is 0 Å². The van der Waals surface area contributed by atoms with Gasteiger partial charge in [0.2, 0.25) is 9.07 Å². The molecule has 0 aromatic carbocycles. The zero-order valence-corrected chi connectivity index (χ0v) is 27.6. The van der Waals surface area contributed by atoms with Crippen LogP contribution in [0.4, 0.5) is 0 Å². The molecule has 0 bridgehead atoms. The molecule has 0 radical (unpaired) electrons. The van der Waals surface area contributed by atoms with Gasteiger partial charge >= 0.3 is 0 Å². The van der Waals surface area contributed by atoms with E-state index in [1.165, 1.54) is 77.0 Å². The summed E-state index contributed by atoms with van der Waals surface area (Å²) in [6, 6.07) is 1.02. The van der Waals surface area contributed by atoms with Gasteiger partial charge in [-0.3, -0.25) is 0 Å². The first-order valence-electron chi connectivity index (χ1n) is 10.8. The second-order valence-electron chi connectivity index (χ2n) is 7.28. The van der Waals surface area contributed by atoms with Crippen LogP contribution in [0.15, 0.2) is 0 Å². The number of halogens is 2. The summed E-state index contributed by atoms with van der Waals surface area (Å²) < 4.78 is 27.4. The lowest BCUT2D eigenvalue weighted by molar-refractivity contribution is 0.386. The minimum absolute atomic E-state index is 0.837. The maximum Gasteiger partial charge on any atom is 0.286 e. The summed E-state index contributed by atoms with van der Waals surface area (Å²) in [4.78, 5) is 0. The largest absolute Gasteiger partial charge is 0.433 e. The third-order valence-corrected chi connectivity index (χ3v) is 16.8. The highest BCUT2D eigenvalue weighted by atomic mass is 35.6. The zero-order valence-electron chi connectivity index (χ0n) is 18.0. The van der Waals surface area contributed by atoms with Gasteiger partial charge in [-0.1, -0.05) is 84.0 Å². The van der Waals surface area contributed by atoms with Crippen molar-refractivity contribution in [3.05, 3.63) is 0 Å². The van der Waals surface area contributed by atoms with Gasteiger partial charge in [-0.05, 0) is 12.6 Å². The summed E-state index contributed by atoms with van der Waals surface area (Å²) in [5, 5.41) is 0. The summed E-state index contributed by atoms with van der Waals surface area (Å²) in [6.45, 7) is 4.36. The second-order valence-corrected chi connectivity index (χ2v) is 21.9. The molecule has 170 valence electrons. The molecule has 0 fully saturated rings. The van der Waals surface area contributed by atoms with Crippen molar-refractivity contribution in [2.45, 2.75) is 96.6 Å². The molecule has 0 aliphatic carbocycles. The van der Waals surface area contributed by atoms with Crippen LogP contribution in [0.2, 0.25) is 12.6 Å². The van der Waals surface area contributed by atoms with Crippen molar-refractivity contribution in [3.63, 3.8) is 0 Å². The van der Waals surface area contributed by atoms with E-state index in [4.69, 9.17) is 42.7 Å². The van der Waals surface area contributed by atoms with Crippen molar-refractivity contribution in [1.82, 2.24) is 0 Å². The van der Waals surface area contributed by atoms with Crippen molar-refractivity contribution >= 4 is 78.9 Å². The maximum absolute atomic E-state index is 6.58. The van der Waals surface area contributed by atoms with Crippen molar-refractivity contribution < 1.29 is 20.6 Å². The first-order valence-corrected chi connectivity index (χ1v) is 21.8. The quantitative estimate of drug-likeness (QED) is 0.113. The molecule has 13 heteroatoms. The van der Waals surface area contributed by atoms with E-state index in [1.54, 1.807) is 0 Å². The zero-order chi connectivity index (χ0) is 20.8. The molecule has 0 N–H and O–H groups in total. The first-order chi connectivity index (χ1) is 13.6. The molecule has 5 nitrogen and oxygen atoms in total. The van der Waals surface area contributed by atoms with E-state index in [9.17, 15) is 0 Å². The summed E-state index contributed by atoms with van der Waals surface area (Å²) in [7, 11) is -6.64. The van der Waals surface area contributed by atoms with E-state index in [-0.39, 0.29) is 0 Å². The molecule has 28 heavy (non-hydrogen) atoms. The summed E-state index contributed by atoms with van der Waals surface area (Å²) in [6.07, 6.45) is 16.4. The standard InChI is InChI=1S/C15H42Cl2O5Si6/c1-3-4-5-6-7-8-9-10-11-12-13-14-15-28(2,17)22-27-21-26-20-25-19-24-18-23-16/h3-15,23-27H2,1-2H3. The van der Waals surface area contributed by atoms with Crippen LogP contribution in [0, 0.1) is 0 Å². The Hall–Kier alpha value is 1.68. The molecule has 0 aliphatic rings. The number of unbranched alkanes of at least 4 members (excludes halogenated alkanes) is 11. The number of hydrogen-bond donors (Lipinski definition) is 0. The molecule has 1 unspecified atom stereocenters. The van der Waals surface area contributed by atoms with Gasteiger partial charge in [-0.2, -0.15) is 0 Å². The Morgan fingerprint density at radius 3 is 1.57 bits per heavy atom. The van der Waals surface area contributed by atoms with Gasteiger partial charge in [-0.25, -0.2) is 0 Å². The van der Waals surface area contributed by atoms with E-state index in [0.717, 1.165) is 6.04 Å². The van der Waals surface area contributed by atoms with Crippen LogP contribution < -0.4 is 0 Å². The van der Waals surface area contributed by atoms with Crippen molar-refractivity contribution in [2.75, 3.05) is 0 Å². The molecule has 0 aromatic heterocycles. The van der Waals surface area contributed by atoms with Gasteiger partial charge in [0.15, 0.2) is 0 Å². The molecule has 0 amide bonds. The molecule has 0 spiro atoms. The third kappa shape index (κ3) is 24.0. The average Bonchev–Trinajstić information content (AvgIpc) is 2.67. The summed E-state index contributed by atoms with van der Waals surface area (Å²) >= 11 is 12.1. The van der Waals surface area contributed by atoms with Crippen LogP contribution >= 0.6 is 22.2 Å². The maximum atomic E-state index is 6.58. The van der Waals surface area contributed by atoms with Crippen LogP contribution in [0.25, 0.3) is 0 Å². The normalized spacial score (nSPS) is 15.9. The Labute approximate surface area is 195 Å². The highest BCUT2D eigenvalue weighted by Gasteiger charge is 2.25. The molecule has 0 aliphatic heterocycles. The number of rotatable bonds is 23. The number of hydrogen-bond acceptors (Lipinski definition) is 5. The third-order valence-electron chi connectivity index (χ3n) is 4.50. The fraction of sp³-hybridized carbons (Fsp3) is 1.00. The van der Waals surface area contributed by atoms with Crippen molar-refractivity contribution in [2.24, 2.45) is 0 Å². The Balaban J connectivity index is 3.30. The van der Waals surface area contributed by atoms with E-state index in [1.807, 2.05) is 0 Å². The lowest BCUT2D eigenvalue weighted by Crippen LogP contribution is -2.31. The van der Waals surface area contributed by atoms with Crippen LogP contribution in [-0.4, -0.2) is 56.7 Å². The molecule has 0 saturated carbocycles. The smallest absolute Gasteiger partial charge is 0.286 e. The lowest BCUT2D eigenvalue weighted by atomic mass is 10.1. The molecule has 0 rings (SSSR count). The SMILES string of the molecule is CCCCCCCCCCCCCC[Si](C)(Cl)O[SiH2]O[SiH2]O[SiH2]O[SiH2]O[SiH2]Cl. The second kappa shape index (κ2) is 23.3. The predicted octanol–water partition coefficient (Wildman–Crippen LogP) is 2.31. The van der Waals surface area contributed by atoms with E-state index >= 15 is 0 Å². The van der Waals surface area contributed by atoms with Crippen LogP contribution in [0.1, 0.15) is 84.0 Å². The van der Waals surface area contributed by atoms with Gasteiger partial charge < -0.3 is 20.6 Å². The predicted molar refractivity (Wildman–Crippen MR) is 137 cm³/mol. The van der Waals surface area contributed by atoms with Gasteiger partial charge in [0, 0.05) is 0 Å². The molecule has 0 saturated heterocycles. The molecular formula is C15H42Cl2O5Si6. The highest BCUT2D eigenvalue weighted by molar-refractivity contribution is 7.17. The molecule has 0 heterocycles. The van der Waals surface area contributed by atoms with Crippen LogP contribution in [0.3, 0.4) is 0 Å². The van der Waals surface area contributed by atoms with Gasteiger partial charge in [0.1, 0.15) is 0 Å². The lowest BCUT2D eigenvalue weighted by Gasteiger charge is -2.20. The average molecular weight is 542 g/mol. The summed E-state index contributed by atoms with van der Waals surface area (Å²) in [5.74, 6) is 0. The molecular weight excluding hydrogens is 500 g/mol. The summed E-state index contributed by atoms with van der Waals surface area (Å²) in [5.41, 5.74) is 0. The molecule has 0 aromatic rings. The van der Waals surface area contributed by atoms with Gasteiger partial charge in [0.05, 0.1) is 0 Å². The Bertz CT molecular complexity index is 325. The highest BCUT2D eigenvalue weighted by Crippen LogP contribution is 2.21. The van der Waals surface area contributed by atoms with Crippen molar-refractivity contribution in [3.8, 4) is 0 Å².